The number of hydrogen-bond donors (Lipinski definition) is 0. The number of benzene rings is 1. The lowest BCUT2D eigenvalue weighted by Crippen LogP contribution is -2.16. The van der Waals surface area contributed by atoms with E-state index >= 15 is 0 Å². The van der Waals surface area contributed by atoms with Gasteiger partial charge in [-0.1, -0.05) is 36.4 Å². The molecule has 3 nitrogen and oxygen atoms in total. The molecule has 3 aromatic rings. The van der Waals surface area contributed by atoms with Crippen molar-refractivity contribution < 1.29 is 0 Å². The van der Waals surface area contributed by atoms with Crippen molar-refractivity contribution in [2.45, 2.75) is 13.5 Å². The van der Waals surface area contributed by atoms with E-state index in [0.717, 1.165) is 27.9 Å². The van der Waals surface area contributed by atoms with Crippen LogP contribution in [0.4, 0.5) is 0 Å². The van der Waals surface area contributed by atoms with E-state index in [2.05, 4.69) is 12.1 Å². The zero-order chi connectivity index (χ0) is 14.4. The van der Waals surface area contributed by atoms with Crippen LogP contribution < -0.4 is 5.56 Å². The maximum atomic E-state index is 12.1. The largest absolute Gasteiger partial charge is 0.302 e. The predicted molar refractivity (Wildman–Crippen MR) is 85.2 cm³/mol. The van der Waals surface area contributed by atoms with Gasteiger partial charge in [-0.15, -0.1) is 0 Å². The van der Waals surface area contributed by atoms with E-state index in [1.807, 2.05) is 37.3 Å². The highest BCUT2D eigenvalue weighted by molar-refractivity contribution is 5.93. The van der Waals surface area contributed by atoms with Crippen LogP contribution in [-0.2, 0) is 6.54 Å². The molecule has 102 valence electrons. The van der Waals surface area contributed by atoms with Crippen molar-refractivity contribution in [3.63, 3.8) is 0 Å². The Morgan fingerprint density at radius 3 is 2.86 bits per heavy atom. The van der Waals surface area contributed by atoms with Gasteiger partial charge in [0.15, 0.2) is 0 Å². The summed E-state index contributed by atoms with van der Waals surface area (Å²) in [7, 11) is 0. The Balaban J connectivity index is 2.14. The molecule has 0 spiro atoms. The Kier molecular flexibility index (Phi) is 2.54. The van der Waals surface area contributed by atoms with E-state index in [-0.39, 0.29) is 5.56 Å². The molecule has 3 heterocycles. The summed E-state index contributed by atoms with van der Waals surface area (Å²) in [5.41, 5.74) is 5.14. The lowest BCUT2D eigenvalue weighted by Gasteiger charge is -2.08. The maximum absolute atomic E-state index is 12.1. The number of rotatable bonds is 1. The van der Waals surface area contributed by atoms with E-state index < -0.39 is 0 Å². The number of pyridine rings is 2. The number of aromatic nitrogens is 2. The minimum Gasteiger partial charge on any atom is -0.302 e. The Hall–Kier alpha value is -2.68. The van der Waals surface area contributed by atoms with Crippen LogP contribution >= 0.6 is 0 Å². The van der Waals surface area contributed by atoms with E-state index in [1.54, 1.807) is 16.7 Å². The molecule has 2 aromatic heterocycles. The van der Waals surface area contributed by atoms with E-state index in [9.17, 15) is 4.79 Å². The van der Waals surface area contributed by atoms with Crippen molar-refractivity contribution >= 4 is 17.0 Å². The first kappa shape index (κ1) is 12.1. The van der Waals surface area contributed by atoms with Crippen LogP contribution in [0, 0.1) is 0 Å². The molecule has 0 aliphatic carbocycles. The fourth-order valence-corrected chi connectivity index (χ4v) is 3.05. The molecule has 0 amide bonds. The van der Waals surface area contributed by atoms with Gasteiger partial charge in [0.25, 0.3) is 5.56 Å². The normalized spacial score (nSPS) is 12.8. The lowest BCUT2D eigenvalue weighted by atomic mass is 10.0. The molecule has 0 saturated carbocycles. The quantitative estimate of drug-likeness (QED) is 0.533. The van der Waals surface area contributed by atoms with Gasteiger partial charge >= 0.3 is 0 Å². The van der Waals surface area contributed by atoms with Crippen LogP contribution in [0.2, 0.25) is 0 Å². The topological polar surface area (TPSA) is 34.9 Å². The van der Waals surface area contributed by atoms with Crippen LogP contribution in [0.5, 0.6) is 0 Å². The average Bonchev–Trinajstić information content (AvgIpc) is 2.87. The summed E-state index contributed by atoms with van der Waals surface area (Å²) in [4.78, 5) is 16.8. The monoisotopic (exact) mass is 274 g/mol. The summed E-state index contributed by atoms with van der Waals surface area (Å²) >= 11 is 0. The molecule has 0 unspecified atom stereocenters. The van der Waals surface area contributed by atoms with E-state index in [1.165, 1.54) is 5.56 Å². The number of nitrogens with zero attached hydrogens (tertiary/aromatic N) is 2. The fourth-order valence-electron chi connectivity index (χ4n) is 3.05. The van der Waals surface area contributed by atoms with Gasteiger partial charge in [-0.25, -0.2) is 4.98 Å². The first-order chi connectivity index (χ1) is 10.3. The molecule has 0 radical (unpaired) electrons. The van der Waals surface area contributed by atoms with Gasteiger partial charge in [0, 0.05) is 17.0 Å². The van der Waals surface area contributed by atoms with Crippen molar-refractivity contribution in [2.24, 2.45) is 0 Å². The van der Waals surface area contributed by atoms with Gasteiger partial charge in [-0.2, -0.15) is 0 Å². The molecule has 0 atom stereocenters. The van der Waals surface area contributed by atoms with Gasteiger partial charge in [-0.05, 0) is 24.6 Å². The molecule has 1 aliphatic heterocycles. The first-order valence-corrected chi connectivity index (χ1v) is 7.04. The number of fused-ring (bicyclic) bond motifs is 4. The zero-order valence-corrected chi connectivity index (χ0v) is 11.7. The Bertz CT molecular complexity index is 951. The second-order valence-electron chi connectivity index (χ2n) is 5.21. The first-order valence-electron chi connectivity index (χ1n) is 7.04. The minimum atomic E-state index is 0.0287. The van der Waals surface area contributed by atoms with E-state index in [0.29, 0.717) is 6.54 Å². The number of para-hydroxylation sites is 1. The predicted octanol–water partition coefficient (Wildman–Crippen LogP) is 3.46. The molecule has 1 aliphatic rings. The van der Waals surface area contributed by atoms with Gasteiger partial charge < -0.3 is 4.57 Å². The molecular weight excluding hydrogens is 260 g/mol. The summed E-state index contributed by atoms with van der Waals surface area (Å²) in [6.45, 7) is 2.61. The lowest BCUT2D eigenvalue weighted by molar-refractivity contribution is 0.803. The summed E-state index contributed by atoms with van der Waals surface area (Å²) in [5, 5.41) is 1.13. The average molecular weight is 274 g/mol. The summed E-state index contributed by atoms with van der Waals surface area (Å²) in [6, 6.07) is 13.5. The molecule has 0 fully saturated rings. The molecule has 0 bridgehead atoms. The summed E-state index contributed by atoms with van der Waals surface area (Å²) < 4.78 is 1.80. The molecule has 3 heteroatoms. The highest BCUT2D eigenvalue weighted by atomic mass is 16.1. The highest BCUT2D eigenvalue weighted by Gasteiger charge is 2.23. The van der Waals surface area contributed by atoms with Gasteiger partial charge in [0.2, 0.25) is 0 Å². The Morgan fingerprint density at radius 1 is 1.14 bits per heavy atom. The van der Waals surface area contributed by atoms with Gasteiger partial charge in [0.1, 0.15) is 0 Å². The van der Waals surface area contributed by atoms with Crippen LogP contribution in [-0.4, -0.2) is 9.55 Å². The van der Waals surface area contributed by atoms with Crippen molar-refractivity contribution in [3.05, 3.63) is 70.0 Å². The number of hydrogen-bond acceptors (Lipinski definition) is 2. The van der Waals surface area contributed by atoms with Crippen LogP contribution in [0.3, 0.4) is 0 Å². The third kappa shape index (κ3) is 1.67. The van der Waals surface area contributed by atoms with Crippen LogP contribution in [0.1, 0.15) is 18.1 Å². The second-order valence-corrected chi connectivity index (χ2v) is 5.21. The third-order valence-electron chi connectivity index (χ3n) is 3.98. The smallest absolute Gasteiger partial charge is 0.251 e. The van der Waals surface area contributed by atoms with Crippen molar-refractivity contribution in [3.8, 4) is 11.4 Å². The molecule has 1 aromatic carbocycles. The summed E-state index contributed by atoms with van der Waals surface area (Å²) in [5.74, 6) is 0. The maximum Gasteiger partial charge on any atom is 0.251 e. The zero-order valence-electron chi connectivity index (χ0n) is 11.7. The van der Waals surface area contributed by atoms with Crippen molar-refractivity contribution in [2.75, 3.05) is 0 Å². The molecule has 0 saturated heterocycles. The third-order valence-corrected chi connectivity index (χ3v) is 3.98. The van der Waals surface area contributed by atoms with Crippen molar-refractivity contribution in [1.29, 1.82) is 0 Å². The SMILES string of the molecule is CC=Cc1c2c(nc3ccccc13)-c1cccc(=O)n1C2. The Labute approximate surface area is 122 Å². The second kappa shape index (κ2) is 4.42. The Morgan fingerprint density at radius 2 is 2.00 bits per heavy atom. The molecule has 21 heavy (non-hydrogen) atoms. The minimum absolute atomic E-state index is 0.0287. The summed E-state index contributed by atoms with van der Waals surface area (Å²) in [6.07, 6.45) is 4.15. The van der Waals surface area contributed by atoms with Crippen molar-refractivity contribution in [1.82, 2.24) is 9.55 Å². The molecule has 4 rings (SSSR count). The highest BCUT2D eigenvalue weighted by Crippen LogP contribution is 2.35. The number of allylic oxidation sites excluding steroid dienone is 1. The van der Waals surface area contributed by atoms with Crippen LogP contribution in [0.25, 0.3) is 28.4 Å². The van der Waals surface area contributed by atoms with E-state index in [4.69, 9.17) is 4.98 Å². The fraction of sp³-hybridized carbons (Fsp3) is 0.111. The van der Waals surface area contributed by atoms with Gasteiger partial charge in [-0.3, -0.25) is 4.79 Å². The standard InChI is InChI=1S/C18H14N2O/c1-2-6-12-13-7-3-4-8-15(13)19-18-14(12)11-20-16(18)9-5-10-17(20)21/h2-10H,11H2,1H3. The molecule has 0 N–H and O–H groups in total. The van der Waals surface area contributed by atoms with Crippen LogP contribution in [0.15, 0.2) is 53.3 Å². The van der Waals surface area contributed by atoms with Gasteiger partial charge in [0.05, 0.1) is 23.4 Å². The molecular formula is C18H14N2O.